The van der Waals surface area contributed by atoms with Crippen molar-refractivity contribution in [2.45, 2.75) is 52.0 Å². The number of rotatable bonds is 6. The summed E-state index contributed by atoms with van der Waals surface area (Å²) in [5.74, 6) is 0.702. The van der Waals surface area contributed by atoms with Crippen LogP contribution in [0.4, 0.5) is 0 Å². The SMILES string of the molecule is CCC1(C(=O)NCC(N)c2ccc(C(C)C)cc2)CC1.Cl. The van der Waals surface area contributed by atoms with Gasteiger partial charge in [-0.05, 0) is 36.3 Å². The maximum atomic E-state index is 12.1. The molecule has 3 N–H and O–H groups in total. The van der Waals surface area contributed by atoms with Gasteiger partial charge in [-0.25, -0.2) is 0 Å². The molecule has 1 aromatic carbocycles. The van der Waals surface area contributed by atoms with Crippen molar-refractivity contribution >= 4 is 18.3 Å². The number of hydrogen-bond acceptors (Lipinski definition) is 2. The molecule has 1 saturated carbocycles. The van der Waals surface area contributed by atoms with Gasteiger partial charge < -0.3 is 11.1 Å². The molecule has 118 valence electrons. The summed E-state index contributed by atoms with van der Waals surface area (Å²) in [6.45, 7) is 6.95. The molecule has 3 nitrogen and oxygen atoms in total. The highest BCUT2D eigenvalue weighted by Crippen LogP contribution is 2.48. The molecule has 1 fully saturated rings. The summed E-state index contributed by atoms with van der Waals surface area (Å²) in [5.41, 5.74) is 8.47. The van der Waals surface area contributed by atoms with Crippen molar-refractivity contribution in [1.82, 2.24) is 5.32 Å². The molecular weight excluding hydrogens is 284 g/mol. The number of carbonyl (C=O) groups excluding carboxylic acids is 1. The third kappa shape index (κ3) is 4.21. The van der Waals surface area contributed by atoms with Crippen molar-refractivity contribution in [3.8, 4) is 0 Å². The molecule has 4 heteroatoms. The summed E-state index contributed by atoms with van der Waals surface area (Å²) in [5, 5.41) is 3.01. The van der Waals surface area contributed by atoms with Crippen LogP contribution in [-0.4, -0.2) is 12.5 Å². The van der Waals surface area contributed by atoms with Crippen molar-refractivity contribution in [2.75, 3.05) is 6.54 Å². The molecule has 0 radical (unpaired) electrons. The number of nitrogens with one attached hydrogen (secondary N) is 1. The first-order chi connectivity index (χ1) is 9.48. The van der Waals surface area contributed by atoms with Crippen LogP contribution in [0.1, 0.15) is 63.1 Å². The van der Waals surface area contributed by atoms with Gasteiger partial charge in [-0.2, -0.15) is 0 Å². The number of halogens is 1. The molecule has 1 atom stereocenters. The highest BCUT2D eigenvalue weighted by Gasteiger charge is 2.47. The average Bonchev–Trinajstić information content (AvgIpc) is 3.25. The highest BCUT2D eigenvalue weighted by atomic mass is 35.5. The summed E-state index contributed by atoms with van der Waals surface area (Å²) in [4.78, 5) is 12.1. The Hall–Kier alpha value is -1.06. The molecule has 1 unspecified atom stereocenters. The van der Waals surface area contributed by atoms with Crippen LogP contribution in [0, 0.1) is 5.41 Å². The normalized spacial score (nSPS) is 17.0. The van der Waals surface area contributed by atoms with Gasteiger partial charge in [-0.1, -0.05) is 45.0 Å². The summed E-state index contributed by atoms with van der Waals surface area (Å²) in [6, 6.07) is 8.25. The predicted molar refractivity (Wildman–Crippen MR) is 89.7 cm³/mol. The zero-order valence-corrected chi connectivity index (χ0v) is 14.0. The number of carbonyl (C=O) groups is 1. The van der Waals surface area contributed by atoms with E-state index in [1.165, 1.54) is 5.56 Å². The van der Waals surface area contributed by atoms with Crippen molar-refractivity contribution in [1.29, 1.82) is 0 Å². The van der Waals surface area contributed by atoms with Gasteiger partial charge >= 0.3 is 0 Å². The quantitative estimate of drug-likeness (QED) is 0.844. The fraction of sp³-hybridized carbons (Fsp3) is 0.588. The first kappa shape index (κ1) is 18.0. The molecule has 1 aromatic rings. The Morgan fingerprint density at radius 2 is 1.76 bits per heavy atom. The Morgan fingerprint density at radius 1 is 1.24 bits per heavy atom. The Bertz CT molecular complexity index is 466. The lowest BCUT2D eigenvalue weighted by molar-refractivity contribution is -0.126. The number of amides is 1. The van der Waals surface area contributed by atoms with Crippen molar-refractivity contribution in [3.05, 3.63) is 35.4 Å². The number of benzene rings is 1. The van der Waals surface area contributed by atoms with E-state index in [-0.39, 0.29) is 29.8 Å². The molecule has 21 heavy (non-hydrogen) atoms. The van der Waals surface area contributed by atoms with Gasteiger partial charge in [0.15, 0.2) is 0 Å². The molecule has 0 bridgehead atoms. The zero-order chi connectivity index (χ0) is 14.8. The first-order valence-electron chi connectivity index (χ1n) is 7.62. The standard InChI is InChI=1S/C17H26N2O.ClH/c1-4-17(9-10-17)16(20)19-11-15(18)14-7-5-13(6-8-14)12(2)3;/h5-8,12,15H,4,9-11,18H2,1-3H3,(H,19,20);1H. The van der Waals surface area contributed by atoms with Crippen LogP contribution in [0.2, 0.25) is 0 Å². The van der Waals surface area contributed by atoms with Crippen LogP contribution < -0.4 is 11.1 Å². The lowest BCUT2D eigenvalue weighted by atomic mass is 9.99. The minimum atomic E-state index is -0.132. The highest BCUT2D eigenvalue weighted by molar-refractivity contribution is 5.85. The zero-order valence-electron chi connectivity index (χ0n) is 13.2. The minimum absolute atomic E-state index is 0. The van der Waals surface area contributed by atoms with E-state index in [4.69, 9.17) is 5.73 Å². The van der Waals surface area contributed by atoms with E-state index >= 15 is 0 Å². The van der Waals surface area contributed by atoms with E-state index in [0.29, 0.717) is 12.5 Å². The average molecular weight is 311 g/mol. The van der Waals surface area contributed by atoms with Crippen LogP contribution in [-0.2, 0) is 4.79 Å². The van der Waals surface area contributed by atoms with Gasteiger partial charge in [-0.15, -0.1) is 12.4 Å². The third-order valence-corrected chi connectivity index (χ3v) is 4.53. The van der Waals surface area contributed by atoms with Crippen molar-refractivity contribution < 1.29 is 4.79 Å². The van der Waals surface area contributed by atoms with E-state index < -0.39 is 0 Å². The fourth-order valence-corrected chi connectivity index (χ4v) is 2.53. The molecule has 2 rings (SSSR count). The molecule has 0 spiro atoms. The second-order valence-corrected chi connectivity index (χ2v) is 6.27. The maximum Gasteiger partial charge on any atom is 0.226 e. The van der Waals surface area contributed by atoms with Gasteiger partial charge in [0.05, 0.1) is 0 Å². The lowest BCUT2D eigenvalue weighted by Crippen LogP contribution is -2.36. The van der Waals surface area contributed by atoms with Crippen molar-refractivity contribution in [2.24, 2.45) is 11.1 Å². The molecule has 0 aliphatic heterocycles. The largest absolute Gasteiger partial charge is 0.354 e. The van der Waals surface area contributed by atoms with E-state index in [9.17, 15) is 4.79 Å². The van der Waals surface area contributed by atoms with Gasteiger partial charge in [0.25, 0.3) is 0 Å². The monoisotopic (exact) mass is 310 g/mol. The Morgan fingerprint density at radius 3 is 2.19 bits per heavy atom. The smallest absolute Gasteiger partial charge is 0.226 e. The molecule has 1 aliphatic rings. The second kappa shape index (κ2) is 7.28. The Labute approximate surface area is 134 Å². The molecule has 1 aliphatic carbocycles. The molecular formula is C17H27ClN2O. The van der Waals surface area contributed by atoms with E-state index in [2.05, 4.69) is 50.4 Å². The summed E-state index contributed by atoms with van der Waals surface area (Å²) in [7, 11) is 0. The fourth-order valence-electron chi connectivity index (χ4n) is 2.53. The molecule has 0 heterocycles. The molecule has 0 saturated heterocycles. The minimum Gasteiger partial charge on any atom is -0.354 e. The summed E-state index contributed by atoms with van der Waals surface area (Å²) in [6.07, 6.45) is 2.97. The first-order valence-corrected chi connectivity index (χ1v) is 7.62. The number of nitrogens with two attached hydrogens (primary N) is 1. The van der Waals surface area contributed by atoms with E-state index in [1.807, 2.05) is 0 Å². The Balaban J connectivity index is 0.00000220. The topological polar surface area (TPSA) is 55.1 Å². The van der Waals surface area contributed by atoms with E-state index in [1.54, 1.807) is 0 Å². The van der Waals surface area contributed by atoms with E-state index in [0.717, 1.165) is 24.8 Å². The van der Waals surface area contributed by atoms with Gasteiger partial charge in [0.2, 0.25) is 5.91 Å². The molecule has 1 amide bonds. The van der Waals surface area contributed by atoms with Gasteiger partial charge in [0.1, 0.15) is 0 Å². The summed E-state index contributed by atoms with van der Waals surface area (Å²) < 4.78 is 0. The van der Waals surface area contributed by atoms with Crippen molar-refractivity contribution in [3.63, 3.8) is 0 Å². The predicted octanol–water partition coefficient (Wildman–Crippen LogP) is 3.54. The van der Waals surface area contributed by atoms with Crippen LogP contribution in [0.5, 0.6) is 0 Å². The van der Waals surface area contributed by atoms with Crippen LogP contribution in [0.25, 0.3) is 0 Å². The van der Waals surface area contributed by atoms with Crippen LogP contribution in [0.15, 0.2) is 24.3 Å². The molecule has 0 aromatic heterocycles. The van der Waals surface area contributed by atoms with Gasteiger partial charge in [0, 0.05) is 18.0 Å². The van der Waals surface area contributed by atoms with Crippen LogP contribution in [0.3, 0.4) is 0 Å². The number of hydrogen-bond donors (Lipinski definition) is 2. The van der Waals surface area contributed by atoms with Crippen LogP contribution >= 0.6 is 12.4 Å². The van der Waals surface area contributed by atoms with Gasteiger partial charge in [-0.3, -0.25) is 4.79 Å². The Kier molecular flexibility index (Phi) is 6.24. The maximum absolute atomic E-state index is 12.1. The second-order valence-electron chi connectivity index (χ2n) is 6.27. The third-order valence-electron chi connectivity index (χ3n) is 4.53. The lowest BCUT2D eigenvalue weighted by Gasteiger charge is -2.17. The summed E-state index contributed by atoms with van der Waals surface area (Å²) >= 11 is 0.